The van der Waals surface area contributed by atoms with E-state index in [2.05, 4.69) is 20.0 Å². The Morgan fingerprint density at radius 3 is 2.71 bits per heavy atom. The number of rotatable bonds is 6. The van der Waals surface area contributed by atoms with Crippen LogP contribution in [0.2, 0.25) is 0 Å². The van der Waals surface area contributed by atoms with Crippen molar-refractivity contribution in [3.8, 4) is 0 Å². The van der Waals surface area contributed by atoms with E-state index in [0.29, 0.717) is 24.1 Å². The Bertz CT molecular complexity index is 1240. The number of fused-ring (bicyclic) bond motifs is 1. The molecule has 11 heteroatoms. The quantitative estimate of drug-likeness (QED) is 0.515. The summed E-state index contributed by atoms with van der Waals surface area (Å²) in [6.45, 7) is 0. The first-order valence-electron chi connectivity index (χ1n) is 9.38. The van der Waals surface area contributed by atoms with E-state index in [1.165, 1.54) is 35.6 Å². The van der Waals surface area contributed by atoms with Crippen LogP contribution in [-0.2, 0) is 22.9 Å². The van der Waals surface area contributed by atoms with E-state index in [0.717, 1.165) is 11.3 Å². The SMILES string of the molecule is O=C(Nc1ncc2c(n1)CCC(NS(=O)(=O)c1ccccc1C(=O)O)C2)c1cccs1. The van der Waals surface area contributed by atoms with Gasteiger partial charge in [0, 0.05) is 17.9 Å². The lowest BCUT2D eigenvalue weighted by Crippen LogP contribution is -2.39. The first-order chi connectivity index (χ1) is 14.8. The molecule has 0 saturated heterocycles. The number of benzene rings is 1. The van der Waals surface area contributed by atoms with Gasteiger partial charge in [-0.25, -0.2) is 27.9 Å². The molecule has 1 atom stereocenters. The van der Waals surface area contributed by atoms with E-state index in [9.17, 15) is 23.1 Å². The van der Waals surface area contributed by atoms with Crippen molar-refractivity contribution in [2.24, 2.45) is 0 Å². The minimum Gasteiger partial charge on any atom is -0.478 e. The average Bonchev–Trinajstić information content (AvgIpc) is 3.29. The number of anilines is 1. The van der Waals surface area contributed by atoms with Crippen molar-refractivity contribution in [1.82, 2.24) is 14.7 Å². The van der Waals surface area contributed by atoms with Crippen LogP contribution in [0.1, 0.15) is 37.7 Å². The maximum Gasteiger partial charge on any atom is 0.337 e. The maximum absolute atomic E-state index is 12.8. The van der Waals surface area contributed by atoms with E-state index in [1.807, 2.05) is 0 Å². The van der Waals surface area contributed by atoms with Gasteiger partial charge in [-0.05, 0) is 48.4 Å². The van der Waals surface area contributed by atoms with Crippen LogP contribution in [0.3, 0.4) is 0 Å². The maximum atomic E-state index is 12.8. The number of nitrogens with one attached hydrogen (secondary N) is 2. The van der Waals surface area contributed by atoms with Crippen LogP contribution >= 0.6 is 11.3 Å². The van der Waals surface area contributed by atoms with Crippen molar-refractivity contribution in [3.05, 3.63) is 69.7 Å². The number of carbonyl (C=O) groups excluding carboxylic acids is 1. The molecule has 0 fully saturated rings. The molecule has 1 amide bonds. The number of amides is 1. The fourth-order valence-corrected chi connectivity index (χ4v) is 5.49. The molecule has 4 rings (SSSR count). The summed E-state index contributed by atoms with van der Waals surface area (Å²) < 4.78 is 28.1. The third-order valence-corrected chi connectivity index (χ3v) is 7.30. The minimum atomic E-state index is -4.01. The number of aryl methyl sites for hydroxylation is 1. The molecular formula is C20H18N4O5S2. The Labute approximate surface area is 182 Å². The molecule has 160 valence electrons. The highest BCUT2D eigenvalue weighted by molar-refractivity contribution is 7.89. The van der Waals surface area contributed by atoms with E-state index in [4.69, 9.17) is 0 Å². The molecule has 1 aliphatic rings. The minimum absolute atomic E-state index is 0.201. The van der Waals surface area contributed by atoms with Gasteiger partial charge >= 0.3 is 5.97 Å². The summed E-state index contributed by atoms with van der Waals surface area (Å²) in [7, 11) is -4.01. The van der Waals surface area contributed by atoms with Crippen LogP contribution < -0.4 is 10.0 Å². The van der Waals surface area contributed by atoms with Crippen molar-refractivity contribution in [3.63, 3.8) is 0 Å². The average molecular weight is 459 g/mol. The Hall–Kier alpha value is -3.15. The second kappa shape index (κ2) is 8.53. The first-order valence-corrected chi connectivity index (χ1v) is 11.7. The Morgan fingerprint density at radius 1 is 1.16 bits per heavy atom. The number of hydrogen-bond acceptors (Lipinski definition) is 7. The second-order valence-electron chi connectivity index (χ2n) is 6.96. The molecule has 2 heterocycles. The van der Waals surface area contributed by atoms with Gasteiger partial charge in [0.1, 0.15) is 0 Å². The first kappa shape index (κ1) is 21.1. The molecule has 0 saturated carbocycles. The van der Waals surface area contributed by atoms with Crippen LogP contribution in [0.15, 0.2) is 52.9 Å². The van der Waals surface area contributed by atoms with E-state index in [1.54, 1.807) is 23.7 Å². The van der Waals surface area contributed by atoms with Gasteiger partial charge in [-0.3, -0.25) is 10.1 Å². The number of carboxylic acids is 1. The largest absolute Gasteiger partial charge is 0.478 e. The summed E-state index contributed by atoms with van der Waals surface area (Å²) in [6, 6.07) is 8.56. The lowest BCUT2D eigenvalue weighted by Gasteiger charge is -2.25. The number of carbonyl (C=O) groups is 2. The van der Waals surface area contributed by atoms with Crippen LogP contribution in [0.5, 0.6) is 0 Å². The lowest BCUT2D eigenvalue weighted by molar-refractivity contribution is 0.0692. The van der Waals surface area contributed by atoms with Crippen LogP contribution in [-0.4, -0.2) is 41.4 Å². The topological polar surface area (TPSA) is 138 Å². The molecule has 0 radical (unpaired) electrons. The van der Waals surface area contributed by atoms with Crippen LogP contribution in [0.4, 0.5) is 5.95 Å². The fraction of sp³-hybridized carbons (Fsp3) is 0.200. The predicted octanol–water partition coefficient (Wildman–Crippen LogP) is 2.32. The number of aromatic carboxylic acids is 1. The van der Waals surface area contributed by atoms with Crippen molar-refractivity contribution in [1.29, 1.82) is 0 Å². The molecule has 0 spiro atoms. The highest BCUT2D eigenvalue weighted by Crippen LogP contribution is 2.23. The molecule has 3 N–H and O–H groups in total. The summed E-state index contributed by atoms with van der Waals surface area (Å²) >= 11 is 1.32. The molecule has 1 unspecified atom stereocenters. The van der Waals surface area contributed by atoms with Gasteiger partial charge in [-0.15, -0.1) is 11.3 Å². The third kappa shape index (κ3) is 4.63. The zero-order chi connectivity index (χ0) is 22.0. The van der Waals surface area contributed by atoms with Gasteiger partial charge in [0.05, 0.1) is 15.3 Å². The van der Waals surface area contributed by atoms with Gasteiger partial charge in [0.2, 0.25) is 16.0 Å². The summed E-state index contributed by atoms with van der Waals surface area (Å²) in [6.07, 6.45) is 2.92. The van der Waals surface area contributed by atoms with Crippen molar-refractivity contribution in [2.45, 2.75) is 30.2 Å². The van der Waals surface area contributed by atoms with Crippen molar-refractivity contribution >= 4 is 39.2 Å². The number of aromatic nitrogens is 2. The van der Waals surface area contributed by atoms with Crippen LogP contribution in [0, 0.1) is 0 Å². The van der Waals surface area contributed by atoms with Gasteiger partial charge in [0.25, 0.3) is 5.91 Å². The Kier molecular flexibility index (Phi) is 5.81. The molecule has 0 aliphatic heterocycles. The van der Waals surface area contributed by atoms with Crippen LogP contribution in [0.25, 0.3) is 0 Å². The zero-order valence-corrected chi connectivity index (χ0v) is 17.7. The van der Waals surface area contributed by atoms with Gasteiger partial charge in [-0.2, -0.15) is 0 Å². The van der Waals surface area contributed by atoms with E-state index >= 15 is 0 Å². The fourth-order valence-electron chi connectivity index (χ4n) is 3.40. The highest BCUT2D eigenvalue weighted by Gasteiger charge is 2.28. The summed E-state index contributed by atoms with van der Waals surface area (Å²) in [4.78, 5) is 32.4. The number of nitrogens with zero attached hydrogens (tertiary/aromatic N) is 2. The number of sulfonamides is 1. The zero-order valence-electron chi connectivity index (χ0n) is 16.1. The molecular weight excluding hydrogens is 440 g/mol. The number of thiophene rings is 1. The smallest absolute Gasteiger partial charge is 0.337 e. The molecule has 1 aliphatic carbocycles. The number of hydrogen-bond donors (Lipinski definition) is 3. The summed E-state index contributed by atoms with van der Waals surface area (Å²) in [5, 5.41) is 13.7. The van der Waals surface area contributed by atoms with Crippen molar-refractivity contribution in [2.75, 3.05) is 5.32 Å². The number of carboxylic acid groups (broad SMARTS) is 1. The van der Waals surface area contributed by atoms with E-state index < -0.39 is 22.0 Å². The molecule has 31 heavy (non-hydrogen) atoms. The second-order valence-corrected chi connectivity index (χ2v) is 9.59. The monoisotopic (exact) mass is 458 g/mol. The van der Waals surface area contributed by atoms with Gasteiger partial charge < -0.3 is 5.11 Å². The molecule has 1 aromatic carbocycles. The molecule has 0 bridgehead atoms. The normalized spacial score (nSPS) is 15.8. The Balaban J connectivity index is 1.47. The molecule has 3 aromatic rings. The summed E-state index contributed by atoms with van der Waals surface area (Å²) in [5.74, 6) is -1.39. The molecule has 2 aromatic heterocycles. The highest BCUT2D eigenvalue weighted by atomic mass is 32.2. The van der Waals surface area contributed by atoms with Gasteiger partial charge in [0.15, 0.2) is 0 Å². The Morgan fingerprint density at radius 2 is 1.97 bits per heavy atom. The summed E-state index contributed by atoms with van der Waals surface area (Å²) in [5.41, 5.74) is 1.25. The standard InChI is InChI=1S/C20H18N4O5S2/c25-18(16-5-3-9-30-16)23-20-21-11-12-10-13(7-8-15(12)22-20)24-31(28,29)17-6-2-1-4-14(17)19(26)27/h1-6,9,11,13,24H,7-8,10H2,(H,26,27)(H,21,22,23,25). The third-order valence-electron chi connectivity index (χ3n) is 4.85. The van der Waals surface area contributed by atoms with Crippen molar-refractivity contribution < 1.29 is 23.1 Å². The van der Waals surface area contributed by atoms with E-state index in [-0.39, 0.29) is 22.3 Å². The van der Waals surface area contributed by atoms with Gasteiger partial charge in [-0.1, -0.05) is 18.2 Å². The predicted molar refractivity (Wildman–Crippen MR) is 114 cm³/mol. The lowest BCUT2D eigenvalue weighted by atomic mass is 9.94. The molecule has 9 nitrogen and oxygen atoms in total.